The molecule has 0 N–H and O–H groups in total. The van der Waals surface area contributed by atoms with Crippen molar-refractivity contribution in [3.05, 3.63) is 0 Å². The maximum Gasteiger partial charge on any atom is 0.0121 e. The Morgan fingerprint density at radius 1 is 0.650 bits per heavy atom. The predicted molar refractivity (Wildman–Crippen MR) is 85.2 cm³/mol. The standard InChI is InChI=1S/C17H33N3/c1-2-18-12-14-20(15-13-18)17-8-10-19(11-9-17)16-6-4-3-5-7-16/h16-17H,2-15H2,1H3. The summed E-state index contributed by atoms with van der Waals surface area (Å²) in [4.78, 5) is 8.19. The van der Waals surface area contributed by atoms with Crippen molar-refractivity contribution in [1.82, 2.24) is 14.7 Å². The zero-order chi connectivity index (χ0) is 13.8. The summed E-state index contributed by atoms with van der Waals surface area (Å²) in [6.45, 7) is 11.4. The summed E-state index contributed by atoms with van der Waals surface area (Å²) in [5.74, 6) is 0. The summed E-state index contributed by atoms with van der Waals surface area (Å²) in [6.07, 6.45) is 10.2. The van der Waals surface area contributed by atoms with Gasteiger partial charge < -0.3 is 9.80 Å². The minimum absolute atomic E-state index is 0.883. The lowest BCUT2D eigenvalue weighted by Gasteiger charge is -2.45. The van der Waals surface area contributed by atoms with Crippen LogP contribution in [0.4, 0.5) is 0 Å². The second-order valence-electron chi connectivity index (χ2n) is 7.03. The Bertz CT molecular complexity index is 272. The molecule has 0 spiro atoms. The van der Waals surface area contributed by atoms with Crippen LogP contribution < -0.4 is 0 Å². The van der Waals surface area contributed by atoms with Gasteiger partial charge in [0.05, 0.1) is 0 Å². The molecule has 2 saturated heterocycles. The Morgan fingerprint density at radius 3 is 1.80 bits per heavy atom. The molecule has 1 aliphatic carbocycles. The normalized spacial score (nSPS) is 29.9. The number of piperidine rings is 1. The summed E-state index contributed by atoms with van der Waals surface area (Å²) >= 11 is 0. The Hall–Kier alpha value is -0.120. The van der Waals surface area contributed by atoms with Crippen LogP contribution in [0.25, 0.3) is 0 Å². The van der Waals surface area contributed by atoms with Gasteiger partial charge in [-0.1, -0.05) is 26.2 Å². The van der Waals surface area contributed by atoms with Crippen LogP contribution in [0.15, 0.2) is 0 Å². The van der Waals surface area contributed by atoms with Crippen LogP contribution in [-0.2, 0) is 0 Å². The minimum Gasteiger partial charge on any atom is -0.301 e. The van der Waals surface area contributed by atoms with Crippen LogP contribution in [0.5, 0.6) is 0 Å². The minimum atomic E-state index is 0.883. The van der Waals surface area contributed by atoms with Crippen LogP contribution in [-0.4, -0.2) is 72.6 Å². The molecule has 0 unspecified atom stereocenters. The van der Waals surface area contributed by atoms with E-state index >= 15 is 0 Å². The van der Waals surface area contributed by atoms with Gasteiger partial charge in [0.2, 0.25) is 0 Å². The highest BCUT2D eigenvalue weighted by molar-refractivity contribution is 4.86. The van der Waals surface area contributed by atoms with E-state index < -0.39 is 0 Å². The van der Waals surface area contributed by atoms with E-state index in [0.29, 0.717) is 0 Å². The van der Waals surface area contributed by atoms with Crippen molar-refractivity contribution in [3.63, 3.8) is 0 Å². The molecule has 2 aliphatic heterocycles. The lowest BCUT2D eigenvalue weighted by atomic mass is 9.91. The first kappa shape index (κ1) is 14.8. The van der Waals surface area contributed by atoms with Gasteiger partial charge in [0, 0.05) is 38.3 Å². The van der Waals surface area contributed by atoms with Gasteiger partial charge in [0.15, 0.2) is 0 Å². The monoisotopic (exact) mass is 279 g/mol. The fourth-order valence-electron chi connectivity index (χ4n) is 4.51. The maximum atomic E-state index is 2.82. The second-order valence-corrected chi connectivity index (χ2v) is 7.03. The number of hydrogen-bond donors (Lipinski definition) is 0. The number of likely N-dealkylation sites (N-methyl/N-ethyl adjacent to an activating group) is 1. The average Bonchev–Trinajstić information content (AvgIpc) is 2.56. The van der Waals surface area contributed by atoms with Crippen molar-refractivity contribution < 1.29 is 0 Å². The van der Waals surface area contributed by atoms with Crippen molar-refractivity contribution >= 4 is 0 Å². The highest BCUT2D eigenvalue weighted by Crippen LogP contribution is 2.26. The number of piperazine rings is 1. The Labute approximate surface area is 125 Å². The first-order valence-corrected chi connectivity index (χ1v) is 9.07. The predicted octanol–water partition coefficient (Wildman–Crippen LogP) is 2.42. The summed E-state index contributed by atoms with van der Waals surface area (Å²) in [6, 6.07) is 1.82. The van der Waals surface area contributed by atoms with E-state index in [1.54, 1.807) is 0 Å². The molecule has 0 aromatic carbocycles. The van der Waals surface area contributed by atoms with E-state index in [2.05, 4.69) is 21.6 Å². The highest BCUT2D eigenvalue weighted by atomic mass is 15.3. The molecule has 3 aliphatic rings. The number of nitrogens with zero attached hydrogens (tertiary/aromatic N) is 3. The van der Waals surface area contributed by atoms with Crippen molar-refractivity contribution in [2.75, 3.05) is 45.8 Å². The molecule has 0 aromatic heterocycles. The highest BCUT2D eigenvalue weighted by Gasteiger charge is 2.30. The Kier molecular flexibility index (Phi) is 5.36. The summed E-state index contributed by atoms with van der Waals surface area (Å²) < 4.78 is 0. The van der Waals surface area contributed by atoms with E-state index in [4.69, 9.17) is 0 Å². The van der Waals surface area contributed by atoms with Gasteiger partial charge in [0.25, 0.3) is 0 Å². The molecule has 116 valence electrons. The molecule has 0 aromatic rings. The van der Waals surface area contributed by atoms with Gasteiger partial charge in [-0.2, -0.15) is 0 Å². The van der Waals surface area contributed by atoms with Crippen LogP contribution >= 0.6 is 0 Å². The number of rotatable bonds is 3. The molecule has 2 heterocycles. The molecule has 3 fully saturated rings. The van der Waals surface area contributed by atoms with Crippen LogP contribution in [0.3, 0.4) is 0 Å². The first-order valence-electron chi connectivity index (χ1n) is 9.07. The fraction of sp³-hybridized carbons (Fsp3) is 1.00. The van der Waals surface area contributed by atoms with Gasteiger partial charge in [0.1, 0.15) is 0 Å². The van der Waals surface area contributed by atoms with Crippen molar-refractivity contribution in [3.8, 4) is 0 Å². The van der Waals surface area contributed by atoms with Gasteiger partial charge in [-0.3, -0.25) is 4.90 Å². The van der Waals surface area contributed by atoms with E-state index in [9.17, 15) is 0 Å². The molecular weight excluding hydrogens is 246 g/mol. The van der Waals surface area contributed by atoms with Crippen LogP contribution in [0.1, 0.15) is 51.9 Å². The van der Waals surface area contributed by atoms with Crippen molar-refractivity contribution in [2.24, 2.45) is 0 Å². The molecule has 1 saturated carbocycles. The van der Waals surface area contributed by atoms with E-state index in [0.717, 1.165) is 12.1 Å². The molecule has 3 heteroatoms. The van der Waals surface area contributed by atoms with Gasteiger partial charge in [-0.25, -0.2) is 0 Å². The zero-order valence-electron chi connectivity index (χ0n) is 13.4. The van der Waals surface area contributed by atoms with Crippen molar-refractivity contribution in [2.45, 2.75) is 64.0 Å². The fourth-order valence-corrected chi connectivity index (χ4v) is 4.51. The van der Waals surface area contributed by atoms with E-state index in [1.807, 2.05) is 0 Å². The molecule has 0 atom stereocenters. The molecule has 3 nitrogen and oxygen atoms in total. The van der Waals surface area contributed by atoms with Crippen LogP contribution in [0, 0.1) is 0 Å². The third kappa shape index (κ3) is 3.55. The average molecular weight is 279 g/mol. The van der Waals surface area contributed by atoms with Gasteiger partial charge >= 0.3 is 0 Å². The van der Waals surface area contributed by atoms with Gasteiger partial charge in [-0.15, -0.1) is 0 Å². The molecular formula is C17H33N3. The molecule has 3 rings (SSSR count). The SMILES string of the molecule is CCN1CCN(C2CCN(C3CCCCC3)CC2)CC1. The smallest absolute Gasteiger partial charge is 0.0121 e. The summed E-state index contributed by atoms with van der Waals surface area (Å²) in [7, 11) is 0. The molecule has 20 heavy (non-hydrogen) atoms. The Morgan fingerprint density at radius 2 is 1.20 bits per heavy atom. The molecule has 0 bridgehead atoms. The largest absolute Gasteiger partial charge is 0.301 e. The first-order chi connectivity index (χ1) is 9.86. The third-order valence-corrected chi connectivity index (χ3v) is 5.96. The molecule has 0 amide bonds. The molecule has 0 radical (unpaired) electrons. The lowest BCUT2D eigenvalue weighted by Crippen LogP contribution is -2.54. The van der Waals surface area contributed by atoms with E-state index in [-0.39, 0.29) is 0 Å². The summed E-state index contributed by atoms with van der Waals surface area (Å²) in [5, 5.41) is 0. The lowest BCUT2D eigenvalue weighted by molar-refractivity contribution is 0.0426. The maximum absolute atomic E-state index is 2.82. The van der Waals surface area contributed by atoms with Gasteiger partial charge in [-0.05, 0) is 45.3 Å². The summed E-state index contributed by atoms with van der Waals surface area (Å²) in [5.41, 5.74) is 0. The van der Waals surface area contributed by atoms with Crippen molar-refractivity contribution in [1.29, 1.82) is 0 Å². The topological polar surface area (TPSA) is 9.72 Å². The zero-order valence-corrected chi connectivity index (χ0v) is 13.4. The second kappa shape index (κ2) is 7.24. The quantitative estimate of drug-likeness (QED) is 0.785. The Balaban J connectivity index is 1.42. The number of likely N-dealkylation sites (tertiary alicyclic amines) is 1. The number of hydrogen-bond acceptors (Lipinski definition) is 3. The third-order valence-electron chi connectivity index (χ3n) is 5.96. The van der Waals surface area contributed by atoms with E-state index in [1.165, 1.54) is 90.8 Å². The van der Waals surface area contributed by atoms with Crippen LogP contribution in [0.2, 0.25) is 0 Å².